The highest BCUT2D eigenvalue weighted by molar-refractivity contribution is 8.00. The molecule has 0 radical (unpaired) electrons. The van der Waals surface area contributed by atoms with Crippen molar-refractivity contribution < 1.29 is 17.9 Å². The number of thioether (sulfide) groups is 1. The third-order valence-corrected chi connectivity index (χ3v) is 3.21. The zero-order valence-corrected chi connectivity index (χ0v) is 10.0. The van der Waals surface area contributed by atoms with Crippen molar-refractivity contribution in [2.45, 2.75) is 37.3 Å². The molecule has 0 aromatic carbocycles. The number of rotatable bonds is 7. The Morgan fingerprint density at radius 2 is 1.88 bits per heavy atom. The fraction of sp³-hybridized carbons (Fsp3) is 1.00. The summed E-state index contributed by atoms with van der Waals surface area (Å²) in [5.41, 5.74) is -4.11. The van der Waals surface area contributed by atoms with Crippen LogP contribution in [0.1, 0.15) is 25.7 Å². The van der Waals surface area contributed by atoms with Crippen LogP contribution in [0.2, 0.25) is 0 Å². The average molecular weight is 257 g/mol. The SMILES string of the molecule is FC(F)(F)SCCNCCOC1CCCC1. The van der Waals surface area contributed by atoms with Crippen LogP contribution in [0.5, 0.6) is 0 Å². The summed E-state index contributed by atoms with van der Waals surface area (Å²) in [6, 6.07) is 0. The monoisotopic (exact) mass is 257 g/mol. The maximum absolute atomic E-state index is 11.7. The van der Waals surface area contributed by atoms with Crippen LogP contribution < -0.4 is 5.32 Å². The maximum atomic E-state index is 11.7. The molecule has 96 valence electrons. The molecular formula is C10H18F3NOS. The van der Waals surface area contributed by atoms with E-state index in [1.54, 1.807) is 0 Å². The number of hydrogen-bond donors (Lipinski definition) is 1. The summed E-state index contributed by atoms with van der Waals surface area (Å²) >= 11 is 0.0136. The van der Waals surface area contributed by atoms with E-state index in [1.807, 2.05) is 0 Å². The van der Waals surface area contributed by atoms with E-state index >= 15 is 0 Å². The van der Waals surface area contributed by atoms with Gasteiger partial charge >= 0.3 is 5.51 Å². The molecule has 1 rings (SSSR count). The highest BCUT2D eigenvalue weighted by Crippen LogP contribution is 2.29. The van der Waals surface area contributed by atoms with Gasteiger partial charge in [-0.2, -0.15) is 13.2 Å². The predicted octanol–water partition coefficient (Wildman–Crippen LogP) is 2.79. The summed E-state index contributed by atoms with van der Waals surface area (Å²) in [4.78, 5) is 0. The van der Waals surface area contributed by atoms with Crippen molar-refractivity contribution in [1.82, 2.24) is 5.32 Å². The van der Waals surface area contributed by atoms with Crippen LogP contribution in [-0.2, 0) is 4.74 Å². The van der Waals surface area contributed by atoms with Crippen LogP contribution in [0.4, 0.5) is 13.2 Å². The van der Waals surface area contributed by atoms with Gasteiger partial charge in [-0.05, 0) is 24.6 Å². The fourth-order valence-electron chi connectivity index (χ4n) is 1.72. The molecule has 1 fully saturated rings. The van der Waals surface area contributed by atoms with Crippen LogP contribution in [0.3, 0.4) is 0 Å². The molecule has 0 amide bonds. The molecule has 0 aromatic heterocycles. The summed E-state index contributed by atoms with van der Waals surface area (Å²) in [7, 11) is 0. The number of ether oxygens (including phenoxy) is 1. The minimum absolute atomic E-state index is 0.0136. The van der Waals surface area contributed by atoms with Gasteiger partial charge in [0, 0.05) is 18.8 Å². The Morgan fingerprint density at radius 1 is 1.19 bits per heavy atom. The number of halogens is 3. The standard InChI is InChI=1S/C10H18F3NOS/c11-10(12,13)16-8-6-14-5-7-15-9-3-1-2-4-9/h9,14H,1-8H2. The highest BCUT2D eigenvalue weighted by atomic mass is 32.2. The van der Waals surface area contributed by atoms with E-state index in [4.69, 9.17) is 4.74 Å². The molecule has 6 heteroatoms. The lowest BCUT2D eigenvalue weighted by Crippen LogP contribution is -2.24. The first-order chi connectivity index (χ1) is 7.58. The zero-order valence-electron chi connectivity index (χ0n) is 9.18. The predicted molar refractivity (Wildman–Crippen MR) is 59.6 cm³/mol. The molecule has 0 heterocycles. The topological polar surface area (TPSA) is 21.3 Å². The Labute approximate surface area is 98.3 Å². The first kappa shape index (κ1) is 14.1. The lowest BCUT2D eigenvalue weighted by Gasteiger charge is -2.11. The van der Waals surface area contributed by atoms with Gasteiger partial charge in [0.25, 0.3) is 0 Å². The summed E-state index contributed by atoms with van der Waals surface area (Å²) in [5, 5.41) is 2.94. The molecular weight excluding hydrogens is 239 g/mol. The van der Waals surface area contributed by atoms with E-state index in [-0.39, 0.29) is 17.5 Å². The molecule has 0 unspecified atom stereocenters. The van der Waals surface area contributed by atoms with E-state index in [0.29, 0.717) is 25.8 Å². The minimum atomic E-state index is -4.11. The molecule has 0 aliphatic heterocycles. The van der Waals surface area contributed by atoms with Crippen LogP contribution in [0, 0.1) is 0 Å². The first-order valence-electron chi connectivity index (χ1n) is 5.61. The molecule has 0 atom stereocenters. The molecule has 1 saturated carbocycles. The van der Waals surface area contributed by atoms with Crippen LogP contribution in [0.15, 0.2) is 0 Å². The molecule has 1 N–H and O–H groups in total. The second kappa shape index (κ2) is 7.40. The third kappa shape index (κ3) is 7.35. The van der Waals surface area contributed by atoms with Crippen molar-refractivity contribution in [2.24, 2.45) is 0 Å². The summed E-state index contributed by atoms with van der Waals surface area (Å²) in [6.07, 6.45) is 5.11. The molecule has 0 bridgehead atoms. The van der Waals surface area contributed by atoms with Gasteiger partial charge in [-0.15, -0.1) is 0 Å². The Kier molecular flexibility index (Phi) is 6.53. The molecule has 0 spiro atoms. The van der Waals surface area contributed by atoms with Gasteiger partial charge in [0.1, 0.15) is 0 Å². The van der Waals surface area contributed by atoms with Gasteiger partial charge in [0.15, 0.2) is 0 Å². The summed E-state index contributed by atoms with van der Waals surface area (Å²) in [5.74, 6) is 0.0624. The van der Waals surface area contributed by atoms with Crippen LogP contribution in [-0.4, -0.2) is 37.1 Å². The average Bonchev–Trinajstić information content (AvgIpc) is 2.67. The molecule has 16 heavy (non-hydrogen) atoms. The maximum Gasteiger partial charge on any atom is 0.441 e. The third-order valence-electron chi connectivity index (χ3n) is 2.48. The number of alkyl halides is 3. The van der Waals surface area contributed by atoms with Crippen molar-refractivity contribution in [3.63, 3.8) is 0 Å². The zero-order chi connectivity index (χ0) is 11.9. The van der Waals surface area contributed by atoms with Gasteiger partial charge < -0.3 is 10.1 Å². The molecule has 1 aliphatic rings. The Bertz CT molecular complexity index is 183. The normalized spacial score (nSPS) is 18.2. The van der Waals surface area contributed by atoms with Gasteiger partial charge in [0.2, 0.25) is 0 Å². The van der Waals surface area contributed by atoms with E-state index in [9.17, 15) is 13.2 Å². The van der Waals surface area contributed by atoms with Crippen molar-refractivity contribution in [1.29, 1.82) is 0 Å². The number of nitrogens with one attached hydrogen (secondary N) is 1. The molecule has 0 aromatic rings. The molecule has 2 nitrogen and oxygen atoms in total. The second-order valence-corrected chi connectivity index (χ2v) is 4.98. The van der Waals surface area contributed by atoms with Gasteiger partial charge in [-0.1, -0.05) is 12.8 Å². The Hall–Kier alpha value is 0.0600. The number of hydrogen-bond acceptors (Lipinski definition) is 3. The largest absolute Gasteiger partial charge is 0.441 e. The van der Waals surface area contributed by atoms with Crippen molar-refractivity contribution in [3.8, 4) is 0 Å². The summed E-state index contributed by atoms with van der Waals surface area (Å²) in [6.45, 7) is 1.61. The van der Waals surface area contributed by atoms with Crippen molar-refractivity contribution in [3.05, 3.63) is 0 Å². The smallest absolute Gasteiger partial charge is 0.377 e. The Balaban J connectivity index is 1.81. The van der Waals surface area contributed by atoms with E-state index in [2.05, 4.69) is 5.32 Å². The minimum Gasteiger partial charge on any atom is -0.377 e. The molecule has 1 aliphatic carbocycles. The van der Waals surface area contributed by atoms with Crippen LogP contribution >= 0.6 is 11.8 Å². The quantitative estimate of drug-likeness (QED) is 0.709. The molecule has 0 saturated heterocycles. The van der Waals surface area contributed by atoms with E-state index in [0.717, 1.165) is 12.8 Å². The van der Waals surface area contributed by atoms with Gasteiger partial charge in [-0.25, -0.2) is 0 Å². The fourth-order valence-corrected chi connectivity index (χ4v) is 2.19. The van der Waals surface area contributed by atoms with Gasteiger partial charge in [0.05, 0.1) is 12.7 Å². The van der Waals surface area contributed by atoms with Gasteiger partial charge in [-0.3, -0.25) is 0 Å². The second-order valence-electron chi connectivity index (χ2n) is 3.82. The van der Waals surface area contributed by atoms with E-state index in [1.165, 1.54) is 12.8 Å². The van der Waals surface area contributed by atoms with Crippen molar-refractivity contribution in [2.75, 3.05) is 25.4 Å². The summed E-state index contributed by atoms with van der Waals surface area (Å²) < 4.78 is 40.8. The lowest BCUT2D eigenvalue weighted by molar-refractivity contribution is -0.0327. The van der Waals surface area contributed by atoms with Crippen LogP contribution in [0.25, 0.3) is 0 Å². The Morgan fingerprint density at radius 3 is 2.50 bits per heavy atom. The van der Waals surface area contributed by atoms with E-state index < -0.39 is 5.51 Å². The highest BCUT2D eigenvalue weighted by Gasteiger charge is 2.27. The van der Waals surface area contributed by atoms with Crippen molar-refractivity contribution >= 4 is 11.8 Å². The first-order valence-corrected chi connectivity index (χ1v) is 6.59. The lowest BCUT2D eigenvalue weighted by atomic mass is 10.3.